The van der Waals surface area contributed by atoms with E-state index in [1.54, 1.807) is 11.3 Å². The summed E-state index contributed by atoms with van der Waals surface area (Å²) in [5.74, 6) is 0.190. The number of carbonyl (C=O) groups excluding carboxylic acids is 1. The highest BCUT2D eigenvalue weighted by molar-refractivity contribution is 7.12. The van der Waals surface area contributed by atoms with E-state index in [1.807, 2.05) is 23.3 Å². The fourth-order valence-electron chi connectivity index (χ4n) is 3.46. The Bertz CT molecular complexity index is 514. The van der Waals surface area contributed by atoms with E-state index < -0.39 is 0 Å². The average Bonchev–Trinajstić information content (AvgIpc) is 2.91. The van der Waals surface area contributed by atoms with Crippen molar-refractivity contribution in [3.05, 3.63) is 21.9 Å². The molecule has 4 nitrogen and oxygen atoms in total. The van der Waals surface area contributed by atoms with Gasteiger partial charge in [-0.1, -0.05) is 0 Å². The van der Waals surface area contributed by atoms with E-state index in [4.69, 9.17) is 4.74 Å². The van der Waals surface area contributed by atoms with E-state index in [2.05, 4.69) is 18.7 Å². The molecular weight excluding hydrogens is 284 g/mol. The van der Waals surface area contributed by atoms with Gasteiger partial charge in [-0.2, -0.15) is 0 Å². The third-order valence-electron chi connectivity index (χ3n) is 4.63. The fourth-order valence-corrected chi connectivity index (χ4v) is 4.35. The molecule has 0 aliphatic carbocycles. The van der Waals surface area contributed by atoms with Crippen LogP contribution in [0.3, 0.4) is 0 Å². The van der Waals surface area contributed by atoms with Crippen LogP contribution in [0.5, 0.6) is 0 Å². The third kappa shape index (κ3) is 2.87. The second kappa shape index (κ2) is 6.07. The van der Waals surface area contributed by atoms with Gasteiger partial charge in [0.05, 0.1) is 23.6 Å². The normalized spacial score (nSPS) is 27.0. The van der Waals surface area contributed by atoms with Crippen LogP contribution in [0.25, 0.3) is 0 Å². The Morgan fingerprint density at radius 1 is 1.43 bits per heavy atom. The van der Waals surface area contributed by atoms with Crippen molar-refractivity contribution >= 4 is 17.2 Å². The lowest BCUT2D eigenvalue weighted by molar-refractivity contribution is -0.107. The minimum absolute atomic E-state index is 0.190. The van der Waals surface area contributed by atoms with Gasteiger partial charge in [-0.15, -0.1) is 11.3 Å². The van der Waals surface area contributed by atoms with Crippen molar-refractivity contribution in [3.8, 4) is 0 Å². The summed E-state index contributed by atoms with van der Waals surface area (Å²) in [7, 11) is 0. The number of likely N-dealkylation sites (tertiary alicyclic amines) is 1. The minimum atomic E-state index is 0.190. The van der Waals surface area contributed by atoms with Gasteiger partial charge in [-0.05, 0) is 44.2 Å². The van der Waals surface area contributed by atoms with Crippen molar-refractivity contribution in [2.45, 2.75) is 45.4 Å². The number of rotatable bonds is 2. The number of amides is 1. The van der Waals surface area contributed by atoms with Crippen molar-refractivity contribution in [1.29, 1.82) is 0 Å². The molecule has 2 atom stereocenters. The number of fused-ring (bicyclic) bond motifs is 1. The molecule has 116 valence electrons. The van der Waals surface area contributed by atoms with Gasteiger partial charge < -0.3 is 9.64 Å². The molecule has 2 aliphatic heterocycles. The zero-order valence-electron chi connectivity index (χ0n) is 13.0. The van der Waals surface area contributed by atoms with Crippen LogP contribution >= 0.6 is 11.3 Å². The molecule has 1 aromatic heterocycles. The fraction of sp³-hybridized carbons (Fsp3) is 0.688. The molecule has 3 rings (SSSR count). The van der Waals surface area contributed by atoms with Crippen LogP contribution < -0.4 is 0 Å². The van der Waals surface area contributed by atoms with Crippen molar-refractivity contribution in [3.63, 3.8) is 0 Å². The zero-order valence-corrected chi connectivity index (χ0v) is 13.9. The standard InChI is InChI=1S/C16H24N2O2S/c1-11(2)18-7-8-20-14-4-6-17(10-13(14)18)16(19)15-12(3)5-9-21-15/h5,9,11,13-14H,4,6-8,10H2,1-3H3/t13-,14-/m0/s1. The first-order chi connectivity index (χ1) is 10.1. The summed E-state index contributed by atoms with van der Waals surface area (Å²) in [6.45, 7) is 9.86. The first-order valence-corrected chi connectivity index (χ1v) is 8.66. The smallest absolute Gasteiger partial charge is 0.264 e. The predicted octanol–water partition coefficient (Wildman–Crippen LogP) is 2.38. The molecule has 2 aliphatic rings. The van der Waals surface area contributed by atoms with E-state index >= 15 is 0 Å². The highest BCUT2D eigenvalue weighted by Crippen LogP contribution is 2.27. The first kappa shape index (κ1) is 15.0. The summed E-state index contributed by atoms with van der Waals surface area (Å²) < 4.78 is 5.93. The van der Waals surface area contributed by atoms with Crippen molar-refractivity contribution in [2.75, 3.05) is 26.2 Å². The number of piperidine rings is 1. The summed E-state index contributed by atoms with van der Waals surface area (Å²) >= 11 is 1.55. The first-order valence-electron chi connectivity index (χ1n) is 7.78. The Balaban J connectivity index is 1.75. The molecule has 3 heterocycles. The van der Waals surface area contributed by atoms with Crippen LogP contribution in [0.2, 0.25) is 0 Å². The minimum Gasteiger partial charge on any atom is -0.375 e. The van der Waals surface area contributed by atoms with Gasteiger partial charge in [-0.25, -0.2) is 0 Å². The molecule has 0 aromatic carbocycles. The summed E-state index contributed by atoms with van der Waals surface area (Å²) in [6, 6.07) is 2.87. The second-order valence-electron chi connectivity index (χ2n) is 6.28. The third-order valence-corrected chi connectivity index (χ3v) is 5.64. The molecule has 0 bridgehead atoms. The Morgan fingerprint density at radius 2 is 2.24 bits per heavy atom. The summed E-state index contributed by atoms with van der Waals surface area (Å²) in [5, 5.41) is 2.00. The monoisotopic (exact) mass is 308 g/mol. The Hall–Kier alpha value is -0.910. The van der Waals surface area contributed by atoms with Crippen LogP contribution in [0, 0.1) is 6.92 Å². The SMILES string of the molecule is Cc1ccsc1C(=O)N1CC[C@@H]2OCCN(C(C)C)[C@H]2C1. The average molecular weight is 308 g/mol. The maximum Gasteiger partial charge on any atom is 0.264 e. The van der Waals surface area contributed by atoms with Gasteiger partial charge >= 0.3 is 0 Å². The highest BCUT2D eigenvalue weighted by atomic mass is 32.1. The number of ether oxygens (including phenoxy) is 1. The van der Waals surface area contributed by atoms with Crippen LogP contribution in [-0.2, 0) is 4.74 Å². The second-order valence-corrected chi connectivity index (χ2v) is 7.20. The Kier molecular flexibility index (Phi) is 4.33. The van der Waals surface area contributed by atoms with Gasteiger partial charge in [0.25, 0.3) is 5.91 Å². The molecule has 0 radical (unpaired) electrons. The molecule has 21 heavy (non-hydrogen) atoms. The molecule has 0 N–H and O–H groups in total. The molecule has 0 saturated carbocycles. The van der Waals surface area contributed by atoms with Gasteiger partial charge in [-0.3, -0.25) is 9.69 Å². The van der Waals surface area contributed by atoms with Crippen molar-refractivity contribution in [2.24, 2.45) is 0 Å². The molecule has 2 saturated heterocycles. The maximum atomic E-state index is 12.7. The lowest BCUT2D eigenvalue weighted by Gasteiger charge is -2.48. The molecule has 0 unspecified atom stereocenters. The quantitative estimate of drug-likeness (QED) is 0.841. The number of hydrogen-bond donors (Lipinski definition) is 0. The molecular formula is C16H24N2O2S. The lowest BCUT2D eigenvalue weighted by atomic mass is 9.97. The van der Waals surface area contributed by atoms with E-state index in [1.165, 1.54) is 0 Å². The number of aryl methyl sites for hydroxylation is 1. The highest BCUT2D eigenvalue weighted by Gasteiger charge is 2.39. The van der Waals surface area contributed by atoms with Gasteiger partial charge in [0, 0.05) is 25.7 Å². The van der Waals surface area contributed by atoms with Gasteiger partial charge in [0.15, 0.2) is 0 Å². The molecule has 0 spiro atoms. The van der Waals surface area contributed by atoms with E-state index in [9.17, 15) is 4.79 Å². The van der Waals surface area contributed by atoms with E-state index in [0.717, 1.165) is 43.1 Å². The Labute approximate surface area is 130 Å². The summed E-state index contributed by atoms with van der Waals surface area (Å²) in [4.78, 5) is 18.1. The number of nitrogens with zero attached hydrogens (tertiary/aromatic N) is 2. The van der Waals surface area contributed by atoms with Crippen LogP contribution in [0.1, 0.15) is 35.5 Å². The van der Waals surface area contributed by atoms with E-state index in [-0.39, 0.29) is 12.0 Å². The molecule has 2 fully saturated rings. The maximum absolute atomic E-state index is 12.7. The topological polar surface area (TPSA) is 32.8 Å². The molecule has 1 amide bonds. The van der Waals surface area contributed by atoms with Gasteiger partial charge in [0.1, 0.15) is 0 Å². The summed E-state index contributed by atoms with van der Waals surface area (Å²) in [5.41, 5.74) is 1.09. The summed E-state index contributed by atoms with van der Waals surface area (Å²) in [6.07, 6.45) is 1.24. The van der Waals surface area contributed by atoms with Crippen molar-refractivity contribution in [1.82, 2.24) is 9.80 Å². The molecule has 1 aromatic rings. The zero-order chi connectivity index (χ0) is 15.0. The number of thiophene rings is 1. The lowest BCUT2D eigenvalue weighted by Crippen LogP contribution is -2.62. The van der Waals surface area contributed by atoms with E-state index in [0.29, 0.717) is 12.1 Å². The molecule has 5 heteroatoms. The largest absolute Gasteiger partial charge is 0.375 e. The Morgan fingerprint density at radius 3 is 2.90 bits per heavy atom. The van der Waals surface area contributed by atoms with Crippen LogP contribution in [-0.4, -0.2) is 60.1 Å². The predicted molar refractivity (Wildman–Crippen MR) is 84.9 cm³/mol. The van der Waals surface area contributed by atoms with Crippen LogP contribution in [0.15, 0.2) is 11.4 Å². The number of hydrogen-bond acceptors (Lipinski definition) is 4. The number of carbonyl (C=O) groups is 1. The number of morpholine rings is 1. The van der Waals surface area contributed by atoms with Gasteiger partial charge in [0.2, 0.25) is 0 Å². The van der Waals surface area contributed by atoms with Crippen LogP contribution in [0.4, 0.5) is 0 Å². The van der Waals surface area contributed by atoms with Crippen molar-refractivity contribution < 1.29 is 9.53 Å².